The number of benzene rings is 6. The Morgan fingerprint density at radius 2 is 0.647 bits per heavy atom. The Morgan fingerprint density at radius 3 is 1.06 bits per heavy atom. The van der Waals surface area contributed by atoms with Crippen molar-refractivity contribution in [2.45, 2.75) is 272 Å². The van der Waals surface area contributed by atoms with Crippen LogP contribution in [0.4, 0.5) is 0 Å². The molecule has 5 aliphatic rings. The van der Waals surface area contributed by atoms with Gasteiger partial charge in [0.25, 0.3) is 0 Å². The minimum atomic E-state index is -0.366. The Bertz CT molecular complexity index is 3150. The first-order valence-electron chi connectivity index (χ1n) is 33.8. The normalized spacial score (nSPS) is 18.4. The van der Waals surface area contributed by atoms with E-state index in [0.717, 1.165) is 23.8 Å². The van der Waals surface area contributed by atoms with Crippen LogP contribution in [0.2, 0.25) is 0 Å². The predicted molar refractivity (Wildman–Crippen MR) is 361 cm³/mol. The van der Waals surface area contributed by atoms with E-state index in [-0.39, 0.29) is 47.5 Å². The predicted octanol–water partition coefficient (Wildman–Crippen LogP) is 20.4. The molecule has 0 spiro atoms. The highest BCUT2D eigenvalue weighted by molar-refractivity contribution is 6.62. The summed E-state index contributed by atoms with van der Waals surface area (Å²) in [5.41, 5.74) is 23.1. The number of aryl methyl sites for hydroxylation is 2. The van der Waals surface area contributed by atoms with Gasteiger partial charge in [0, 0.05) is 10.8 Å². The second kappa shape index (κ2) is 26.1. The second-order valence-electron chi connectivity index (χ2n) is 28.5. The molecule has 3 aliphatic heterocycles. The van der Waals surface area contributed by atoms with Gasteiger partial charge in [0.2, 0.25) is 0 Å². The lowest BCUT2D eigenvalue weighted by molar-refractivity contribution is 0.00578. The number of fused-ring (bicyclic) bond motifs is 9. The molecule has 3 heterocycles. The first-order chi connectivity index (χ1) is 40.7. The summed E-state index contributed by atoms with van der Waals surface area (Å²) >= 11 is 0. The van der Waals surface area contributed by atoms with E-state index in [1.165, 1.54) is 193 Å². The van der Waals surface area contributed by atoms with Crippen LogP contribution in [0.15, 0.2) is 109 Å². The molecule has 0 atom stereocenters. The number of hydrogen-bond acceptors (Lipinski definition) is 5. The molecule has 0 unspecified atom stereocenters. The van der Waals surface area contributed by atoms with Crippen LogP contribution in [-0.2, 0) is 47.4 Å². The van der Waals surface area contributed by atoms with Gasteiger partial charge < -0.3 is 23.4 Å². The molecule has 0 amide bonds. The summed E-state index contributed by atoms with van der Waals surface area (Å²) in [5.74, 6) is 0. The molecule has 2 aliphatic carbocycles. The Morgan fingerprint density at radius 1 is 0.329 bits per heavy atom. The van der Waals surface area contributed by atoms with Crippen molar-refractivity contribution in [1.82, 2.24) is 0 Å². The maximum atomic E-state index is 6.55. The molecule has 452 valence electrons. The van der Waals surface area contributed by atoms with Gasteiger partial charge in [0.05, 0.1) is 35.6 Å². The van der Waals surface area contributed by atoms with Crippen LogP contribution >= 0.6 is 0 Å². The molecular formula is C78H104B2O5. The van der Waals surface area contributed by atoms with E-state index in [4.69, 9.17) is 23.4 Å². The number of rotatable bonds is 23. The largest absolute Gasteiger partial charge is 0.494 e. The molecule has 11 rings (SSSR count). The van der Waals surface area contributed by atoms with Crippen molar-refractivity contribution >= 4 is 25.2 Å². The van der Waals surface area contributed by atoms with Crippen molar-refractivity contribution in [3.05, 3.63) is 154 Å². The standard InChI is InChI=1S/C41H48O.C37H56B2O4/c1-5-7-9-11-21-41(22-12-10-8-6-2)39-24-30(4)14-18-37(39)38-20-16-32(26-40(38)41)31-15-19-36-34(25-31)28-42-27-33-23-29(3)13-17-35(33)36;1-11-13-15-17-23-37(24-18-16-14-12-2)31-25-27(38-40-33(3,4)34(5,6)41-38)19-21-29(31)30-22-20-28(26-32(30)37)39-42-35(7,8)36(9,10)43-39/h13-20,23-26H,5-12,21-22,27-28H2,1-4H3;19-22,25-26H,11-18,23-24H2,1-10H3. The van der Waals surface area contributed by atoms with E-state index in [0.29, 0.717) is 13.2 Å². The molecule has 0 radical (unpaired) electrons. The second-order valence-corrected chi connectivity index (χ2v) is 28.5. The Kier molecular flexibility index (Phi) is 19.5. The topological polar surface area (TPSA) is 46.2 Å². The summed E-state index contributed by atoms with van der Waals surface area (Å²) in [4.78, 5) is 0. The van der Waals surface area contributed by atoms with Crippen molar-refractivity contribution in [2.75, 3.05) is 0 Å². The fourth-order valence-electron chi connectivity index (χ4n) is 14.8. The van der Waals surface area contributed by atoms with Gasteiger partial charge >= 0.3 is 14.2 Å². The summed E-state index contributed by atoms with van der Waals surface area (Å²) < 4.78 is 32.4. The lowest BCUT2D eigenvalue weighted by Gasteiger charge is -2.33. The molecule has 0 N–H and O–H groups in total. The van der Waals surface area contributed by atoms with Crippen LogP contribution in [0.3, 0.4) is 0 Å². The molecule has 7 heteroatoms. The molecule has 85 heavy (non-hydrogen) atoms. The molecule has 6 aromatic carbocycles. The SMILES string of the molecule is CCCCCCC1(CCCCCC)c2cc(B3OC(C)(C)C(C)(C)O3)ccc2-c2ccc(B3OC(C)(C)C(C)(C)O3)cc21.CCCCCCC1(CCCCCC)c2cc(C)ccc2-c2ccc(-c3ccc4c(c3)COCc3cc(C)ccc3-4)cc21. The maximum absolute atomic E-state index is 6.55. The summed E-state index contributed by atoms with van der Waals surface area (Å²) in [6.45, 7) is 32.1. The average Bonchev–Trinajstić information content (AvgIpc) is 1.69. The minimum Gasteiger partial charge on any atom is -0.399 e. The molecular weight excluding hydrogens is 1040 g/mol. The van der Waals surface area contributed by atoms with E-state index in [1.54, 1.807) is 11.1 Å². The molecule has 2 fully saturated rings. The molecule has 0 saturated carbocycles. The summed E-state index contributed by atoms with van der Waals surface area (Å²) in [7, 11) is -0.727. The number of hydrogen-bond donors (Lipinski definition) is 0. The minimum absolute atomic E-state index is 0.0501. The Labute approximate surface area is 515 Å². The van der Waals surface area contributed by atoms with Gasteiger partial charge in [0.1, 0.15) is 0 Å². The third-order valence-electron chi connectivity index (χ3n) is 21.3. The van der Waals surface area contributed by atoms with Crippen molar-refractivity contribution in [3.8, 4) is 44.5 Å². The van der Waals surface area contributed by atoms with Gasteiger partial charge in [0.15, 0.2) is 0 Å². The Hall–Kier alpha value is -4.75. The Balaban J connectivity index is 0.000000189. The zero-order valence-electron chi connectivity index (χ0n) is 55.1. The molecule has 2 saturated heterocycles. The van der Waals surface area contributed by atoms with Gasteiger partial charge in [-0.3, -0.25) is 0 Å². The first kappa shape index (κ1) is 63.3. The average molecular weight is 1140 g/mol. The molecule has 6 aromatic rings. The van der Waals surface area contributed by atoms with Crippen molar-refractivity contribution in [1.29, 1.82) is 0 Å². The highest BCUT2D eigenvalue weighted by Gasteiger charge is 2.54. The van der Waals surface area contributed by atoms with Crippen LogP contribution in [0, 0.1) is 13.8 Å². The summed E-state index contributed by atoms with van der Waals surface area (Å²) in [6, 6.07) is 42.5. The summed E-state index contributed by atoms with van der Waals surface area (Å²) in [5, 5.41) is 0. The number of unbranched alkanes of at least 4 members (excludes halogenated alkanes) is 12. The van der Waals surface area contributed by atoms with E-state index in [1.807, 2.05) is 0 Å². The smallest absolute Gasteiger partial charge is 0.399 e. The van der Waals surface area contributed by atoms with E-state index in [2.05, 4.69) is 206 Å². The van der Waals surface area contributed by atoms with E-state index in [9.17, 15) is 0 Å². The summed E-state index contributed by atoms with van der Waals surface area (Å²) in [6.07, 6.45) is 25.3. The quantitative estimate of drug-likeness (QED) is 0.0473. The van der Waals surface area contributed by atoms with Crippen LogP contribution in [0.5, 0.6) is 0 Å². The monoisotopic (exact) mass is 1140 g/mol. The van der Waals surface area contributed by atoms with Gasteiger partial charge in [-0.1, -0.05) is 239 Å². The highest BCUT2D eigenvalue weighted by Crippen LogP contribution is 2.57. The van der Waals surface area contributed by atoms with Gasteiger partial charge in [-0.05, 0) is 196 Å². The van der Waals surface area contributed by atoms with Crippen molar-refractivity contribution < 1.29 is 23.4 Å². The fourth-order valence-corrected chi connectivity index (χ4v) is 14.8. The van der Waals surface area contributed by atoms with Gasteiger partial charge in [-0.15, -0.1) is 0 Å². The van der Waals surface area contributed by atoms with Gasteiger partial charge in [-0.2, -0.15) is 0 Å². The zero-order chi connectivity index (χ0) is 60.4. The fraction of sp³-hybridized carbons (Fsp3) is 0.538. The third kappa shape index (κ3) is 12.7. The lowest BCUT2D eigenvalue weighted by atomic mass is 9.67. The van der Waals surface area contributed by atoms with Crippen LogP contribution in [0.1, 0.15) is 256 Å². The highest BCUT2D eigenvalue weighted by atomic mass is 16.7. The van der Waals surface area contributed by atoms with E-state index >= 15 is 0 Å². The van der Waals surface area contributed by atoms with Crippen LogP contribution < -0.4 is 10.9 Å². The maximum Gasteiger partial charge on any atom is 0.494 e. The van der Waals surface area contributed by atoms with Gasteiger partial charge in [-0.25, -0.2) is 0 Å². The molecule has 5 nitrogen and oxygen atoms in total. The van der Waals surface area contributed by atoms with Crippen LogP contribution in [0.25, 0.3) is 44.5 Å². The van der Waals surface area contributed by atoms with E-state index < -0.39 is 0 Å². The first-order valence-corrected chi connectivity index (χ1v) is 33.8. The van der Waals surface area contributed by atoms with Crippen LogP contribution in [-0.4, -0.2) is 36.6 Å². The third-order valence-corrected chi connectivity index (χ3v) is 21.3. The molecule has 0 bridgehead atoms. The zero-order valence-corrected chi connectivity index (χ0v) is 55.1. The van der Waals surface area contributed by atoms with Crippen molar-refractivity contribution in [2.24, 2.45) is 0 Å². The lowest BCUT2D eigenvalue weighted by Crippen LogP contribution is -2.41. The van der Waals surface area contributed by atoms with Crippen molar-refractivity contribution in [3.63, 3.8) is 0 Å². The number of ether oxygens (including phenoxy) is 1. The molecule has 0 aromatic heterocycles.